The van der Waals surface area contributed by atoms with Gasteiger partial charge in [-0.2, -0.15) is 18.1 Å². The monoisotopic (exact) mass is 755 g/mol. The Hall–Kier alpha value is -5.33. The van der Waals surface area contributed by atoms with Gasteiger partial charge in [0.2, 0.25) is 0 Å². The van der Waals surface area contributed by atoms with Crippen LogP contribution in [0.3, 0.4) is 0 Å². The molecule has 1 unspecified atom stereocenters. The number of para-hydroxylation sites is 1. The van der Waals surface area contributed by atoms with Gasteiger partial charge in [-0.3, -0.25) is 14.6 Å². The van der Waals surface area contributed by atoms with E-state index in [1.807, 2.05) is 0 Å². The van der Waals surface area contributed by atoms with Gasteiger partial charge in [0.05, 0.1) is 44.0 Å². The van der Waals surface area contributed by atoms with Crippen molar-refractivity contribution in [3.05, 3.63) is 98.7 Å². The third kappa shape index (κ3) is 8.09. The molecule has 0 aromatic heterocycles. The molecular weight excluding hydrogens is 717 g/mol. The van der Waals surface area contributed by atoms with Crippen LogP contribution in [0.15, 0.2) is 65.0 Å². The van der Waals surface area contributed by atoms with E-state index in [-0.39, 0.29) is 61.5 Å². The maximum absolute atomic E-state index is 15.4. The van der Waals surface area contributed by atoms with Gasteiger partial charge in [-0.15, -0.1) is 0 Å². The number of Topliss-reactive ketones (excluding diaryl/α,β-unsaturated/α-hetero) is 1. The van der Waals surface area contributed by atoms with Crippen LogP contribution < -0.4 is 9.47 Å². The molecule has 1 N–H and O–H groups in total. The number of methoxy groups -OCH3 is 2. The highest BCUT2D eigenvalue weighted by molar-refractivity contribution is 6.20. The highest BCUT2D eigenvalue weighted by Crippen LogP contribution is 2.44. The maximum atomic E-state index is 15.4. The first-order chi connectivity index (χ1) is 25.8. The summed E-state index contributed by atoms with van der Waals surface area (Å²) in [6.45, 7) is 1.32. The van der Waals surface area contributed by atoms with Crippen LogP contribution >= 0.6 is 0 Å². The van der Waals surface area contributed by atoms with Gasteiger partial charge in [0, 0.05) is 24.1 Å². The Morgan fingerprint density at radius 1 is 1.04 bits per heavy atom. The zero-order valence-electron chi connectivity index (χ0n) is 29.8. The van der Waals surface area contributed by atoms with E-state index >= 15 is 8.78 Å². The summed E-state index contributed by atoms with van der Waals surface area (Å²) >= 11 is 0. The van der Waals surface area contributed by atoms with Crippen molar-refractivity contribution in [1.82, 2.24) is 10.0 Å². The van der Waals surface area contributed by atoms with Crippen molar-refractivity contribution in [1.29, 1.82) is 0 Å². The van der Waals surface area contributed by atoms with E-state index in [0.717, 1.165) is 17.1 Å². The zero-order valence-corrected chi connectivity index (χ0v) is 29.8. The normalized spacial score (nSPS) is 17.3. The van der Waals surface area contributed by atoms with Crippen LogP contribution in [0, 0.1) is 28.4 Å². The standard InChI is InChI=1S/C39H38F5N3O7/c1-38-17-7-19-47(38)46(23-26-14-13-25(33(40)34(26)41)9-6-20-54-21-18-45-51)37(50)32(36(38)49)30(48)11-4-8-24-15-16-27(39(42,43)44)22-29(24)28-10-5-12-31(52-2)35(28)53-3/h5,10,12-16,22,49H,4,7-8,11,17-21,23H2,1-3H3. The van der Waals surface area contributed by atoms with Crippen LogP contribution in [-0.4, -0.2) is 72.9 Å². The summed E-state index contributed by atoms with van der Waals surface area (Å²) < 4.78 is 87.7. The maximum Gasteiger partial charge on any atom is 0.416 e. The average Bonchev–Trinajstić information content (AvgIpc) is 3.55. The van der Waals surface area contributed by atoms with Crippen LogP contribution in [0.2, 0.25) is 0 Å². The molecule has 1 fully saturated rings. The number of aliphatic hydroxyl groups excluding tert-OH is 1. The number of ketones is 1. The molecule has 1 atom stereocenters. The Morgan fingerprint density at radius 3 is 2.50 bits per heavy atom. The molecule has 0 bridgehead atoms. The largest absolute Gasteiger partial charge is 0.509 e. The van der Waals surface area contributed by atoms with E-state index in [0.29, 0.717) is 36.3 Å². The summed E-state index contributed by atoms with van der Waals surface area (Å²) in [7, 11) is 2.78. The van der Waals surface area contributed by atoms with Gasteiger partial charge in [-0.25, -0.2) is 13.8 Å². The lowest BCUT2D eigenvalue weighted by atomic mass is 9.87. The number of nitrogens with zero attached hydrogens (tertiary/aromatic N) is 3. The fourth-order valence-corrected chi connectivity index (χ4v) is 6.81. The minimum absolute atomic E-state index is 0.0295. The van der Waals surface area contributed by atoms with Crippen molar-refractivity contribution >= 4 is 11.7 Å². The quantitative estimate of drug-likeness (QED) is 0.0599. The molecule has 0 saturated carbocycles. The Balaban J connectivity index is 1.37. The first-order valence-electron chi connectivity index (χ1n) is 17.1. The van der Waals surface area contributed by atoms with Crippen LogP contribution in [0.1, 0.15) is 54.9 Å². The smallest absolute Gasteiger partial charge is 0.416 e. The lowest BCUT2D eigenvalue weighted by Crippen LogP contribution is -2.60. The second-order valence-electron chi connectivity index (χ2n) is 12.9. The molecule has 0 aliphatic carbocycles. The van der Waals surface area contributed by atoms with Crippen molar-refractivity contribution < 1.29 is 50.9 Å². The summed E-state index contributed by atoms with van der Waals surface area (Å²) in [5.74, 6) is 1.03. The summed E-state index contributed by atoms with van der Waals surface area (Å²) in [5, 5.41) is 16.7. The molecule has 2 heterocycles. The van der Waals surface area contributed by atoms with Crippen molar-refractivity contribution in [3.8, 4) is 34.5 Å². The number of aryl methyl sites for hydroxylation is 1. The van der Waals surface area contributed by atoms with E-state index in [1.165, 1.54) is 32.4 Å². The van der Waals surface area contributed by atoms with Crippen LogP contribution in [0.4, 0.5) is 22.0 Å². The van der Waals surface area contributed by atoms with Crippen LogP contribution in [0.25, 0.3) is 11.1 Å². The molecule has 0 spiro atoms. The van der Waals surface area contributed by atoms with Gasteiger partial charge in [0.15, 0.2) is 28.9 Å². The number of carbonyl (C=O) groups is 2. The minimum Gasteiger partial charge on any atom is -0.509 e. The molecule has 3 aromatic rings. The van der Waals surface area contributed by atoms with Crippen LogP contribution in [0.5, 0.6) is 11.5 Å². The summed E-state index contributed by atoms with van der Waals surface area (Å²) in [6, 6.07) is 10.6. The fourth-order valence-electron chi connectivity index (χ4n) is 6.81. The first kappa shape index (κ1) is 39.9. The molecule has 15 heteroatoms. The Kier molecular flexibility index (Phi) is 12.4. The number of benzene rings is 3. The topological polar surface area (TPSA) is 118 Å². The number of amides is 1. The molecule has 0 radical (unpaired) electrons. The van der Waals surface area contributed by atoms with E-state index in [9.17, 15) is 32.8 Å². The van der Waals surface area contributed by atoms with E-state index < -0.39 is 58.5 Å². The highest BCUT2D eigenvalue weighted by atomic mass is 19.4. The van der Waals surface area contributed by atoms with Crippen molar-refractivity contribution in [2.45, 2.75) is 57.3 Å². The van der Waals surface area contributed by atoms with Gasteiger partial charge in [0.25, 0.3) is 5.91 Å². The summed E-state index contributed by atoms with van der Waals surface area (Å²) in [6.07, 6.45) is -3.77. The van der Waals surface area contributed by atoms with Crippen molar-refractivity contribution in [3.63, 3.8) is 0 Å². The molecule has 286 valence electrons. The number of hydrogen-bond donors (Lipinski definition) is 1. The fraction of sp³-hybridized carbons (Fsp3) is 0.385. The molecule has 54 heavy (non-hydrogen) atoms. The van der Waals surface area contributed by atoms with Gasteiger partial charge in [0.1, 0.15) is 24.5 Å². The molecule has 2 aliphatic heterocycles. The Morgan fingerprint density at radius 2 is 1.80 bits per heavy atom. The molecule has 2 aliphatic rings. The lowest BCUT2D eigenvalue weighted by Gasteiger charge is -2.46. The number of halogens is 5. The average molecular weight is 756 g/mol. The van der Waals surface area contributed by atoms with E-state index in [1.54, 1.807) is 30.1 Å². The molecular formula is C39H38F5N3O7. The number of hydrazine groups is 1. The number of alkyl halides is 3. The number of aliphatic hydroxyl groups is 1. The molecule has 1 saturated heterocycles. The van der Waals surface area contributed by atoms with Gasteiger partial charge in [-0.05, 0) is 68.0 Å². The third-order valence-corrected chi connectivity index (χ3v) is 9.56. The second kappa shape index (κ2) is 16.8. The predicted octanol–water partition coefficient (Wildman–Crippen LogP) is 7.32. The molecule has 3 aromatic carbocycles. The zero-order chi connectivity index (χ0) is 39.2. The summed E-state index contributed by atoms with van der Waals surface area (Å²) in [4.78, 5) is 37.9. The molecule has 1 amide bonds. The minimum atomic E-state index is -4.63. The first-order valence-corrected chi connectivity index (χ1v) is 17.1. The van der Waals surface area contributed by atoms with Crippen molar-refractivity contribution in [2.75, 3.05) is 40.5 Å². The van der Waals surface area contributed by atoms with Crippen LogP contribution in [-0.2, 0) is 33.5 Å². The number of rotatable bonds is 14. The SMILES string of the molecule is COc1cccc(-c2cc(C(F)(F)F)ccc2CCCC(=O)C2=C(O)C3(C)CCCN3N(Cc3ccc(C#CCOCCN=O)c(F)c3F)C2=O)c1OC. The highest BCUT2D eigenvalue weighted by Gasteiger charge is 2.52. The lowest BCUT2D eigenvalue weighted by molar-refractivity contribution is -0.161. The number of carbonyl (C=O) groups excluding carboxylic acids is 2. The molecule has 5 rings (SSSR count). The second-order valence-corrected chi connectivity index (χ2v) is 12.9. The van der Waals surface area contributed by atoms with Gasteiger partial charge >= 0.3 is 6.18 Å². The summed E-state index contributed by atoms with van der Waals surface area (Å²) in [5.41, 5.74) is -1.95. The van der Waals surface area contributed by atoms with E-state index in [2.05, 4.69) is 17.0 Å². The Labute approximate surface area is 308 Å². The number of ether oxygens (including phenoxy) is 3. The number of hydrogen-bond acceptors (Lipinski definition) is 9. The van der Waals surface area contributed by atoms with Crippen molar-refractivity contribution in [2.24, 2.45) is 5.18 Å². The van der Waals surface area contributed by atoms with Gasteiger partial charge < -0.3 is 19.3 Å². The van der Waals surface area contributed by atoms with E-state index in [4.69, 9.17) is 14.2 Å². The number of fused-ring (bicyclic) bond motifs is 1. The molecule has 10 nitrogen and oxygen atoms in total. The number of nitroso groups, excluding NO2 is 1. The van der Waals surface area contributed by atoms with Gasteiger partial charge in [-0.1, -0.05) is 41.3 Å². The Bertz CT molecular complexity index is 2020. The third-order valence-electron chi connectivity index (χ3n) is 9.56. The predicted molar refractivity (Wildman–Crippen MR) is 187 cm³/mol.